The van der Waals surface area contributed by atoms with Gasteiger partial charge in [0.25, 0.3) is 0 Å². The first-order valence-electron chi connectivity index (χ1n) is 4.66. The first-order chi connectivity index (χ1) is 7.84. The topological polar surface area (TPSA) is 104 Å². The van der Waals surface area contributed by atoms with Gasteiger partial charge in [-0.25, -0.2) is 8.78 Å². The van der Waals surface area contributed by atoms with E-state index >= 15 is 0 Å². The zero-order valence-electron chi connectivity index (χ0n) is 8.60. The third kappa shape index (κ3) is 2.89. The second-order valence-electron chi connectivity index (χ2n) is 3.47. The van der Waals surface area contributed by atoms with Gasteiger partial charge in [-0.3, -0.25) is 4.79 Å². The fourth-order valence-corrected chi connectivity index (χ4v) is 1.34. The summed E-state index contributed by atoms with van der Waals surface area (Å²) >= 11 is 0. The summed E-state index contributed by atoms with van der Waals surface area (Å²) < 4.78 is 26.7. The van der Waals surface area contributed by atoms with Crippen LogP contribution in [-0.4, -0.2) is 27.4 Å². The molecule has 0 amide bonds. The maximum absolute atomic E-state index is 13.4. The molecule has 0 fully saturated rings. The van der Waals surface area contributed by atoms with Crippen molar-refractivity contribution < 1.29 is 28.9 Å². The van der Waals surface area contributed by atoms with Crippen molar-refractivity contribution in [1.82, 2.24) is 0 Å². The summed E-state index contributed by atoms with van der Waals surface area (Å²) in [4.78, 5) is 10.3. The van der Waals surface area contributed by atoms with Crippen LogP contribution in [0.25, 0.3) is 0 Å². The van der Waals surface area contributed by atoms with Gasteiger partial charge in [0.05, 0.1) is 23.8 Å². The second-order valence-corrected chi connectivity index (χ2v) is 3.47. The lowest BCUT2D eigenvalue weighted by atomic mass is 10.0. The minimum absolute atomic E-state index is 0.400. The number of halogens is 2. The summed E-state index contributed by atoms with van der Waals surface area (Å²) in [7, 11) is 0. The number of carboxylic acids is 1. The minimum atomic E-state index is -1.99. The van der Waals surface area contributed by atoms with Gasteiger partial charge < -0.3 is 21.1 Å². The quantitative estimate of drug-likeness (QED) is 0.577. The molecule has 7 heteroatoms. The van der Waals surface area contributed by atoms with Crippen LogP contribution in [-0.2, 0) is 4.79 Å². The van der Waals surface area contributed by atoms with Gasteiger partial charge in [-0.05, 0) is 12.1 Å². The molecule has 0 saturated heterocycles. The number of carboxylic acid groups (broad SMARTS) is 1. The number of benzene rings is 1. The summed E-state index contributed by atoms with van der Waals surface area (Å²) in [6, 6.07) is 1.79. The van der Waals surface area contributed by atoms with E-state index in [1.165, 1.54) is 0 Å². The molecule has 0 saturated carbocycles. The highest BCUT2D eigenvalue weighted by Crippen LogP contribution is 2.27. The van der Waals surface area contributed by atoms with Gasteiger partial charge in [0, 0.05) is 0 Å². The zero-order chi connectivity index (χ0) is 13.2. The molecule has 0 aromatic heterocycles. The van der Waals surface area contributed by atoms with Crippen LogP contribution >= 0.6 is 0 Å². The molecular formula is C10H11F2NO4. The number of anilines is 1. The summed E-state index contributed by atoms with van der Waals surface area (Å²) in [5.74, 6) is -3.71. The third-order valence-electron chi connectivity index (χ3n) is 2.20. The summed E-state index contributed by atoms with van der Waals surface area (Å²) in [6.45, 7) is 0. The fraction of sp³-hybridized carbons (Fsp3) is 0.300. The molecule has 5 N–H and O–H groups in total. The van der Waals surface area contributed by atoms with Crippen molar-refractivity contribution in [3.8, 4) is 0 Å². The van der Waals surface area contributed by atoms with Crippen LogP contribution in [0.3, 0.4) is 0 Å². The number of hydrogen-bond acceptors (Lipinski definition) is 4. The van der Waals surface area contributed by atoms with Crippen LogP contribution in [0, 0.1) is 11.6 Å². The van der Waals surface area contributed by atoms with Gasteiger partial charge in [-0.2, -0.15) is 0 Å². The van der Waals surface area contributed by atoms with Crippen molar-refractivity contribution >= 4 is 11.7 Å². The van der Waals surface area contributed by atoms with E-state index in [0.29, 0.717) is 0 Å². The van der Waals surface area contributed by atoms with E-state index < -0.39 is 47.5 Å². The Morgan fingerprint density at radius 2 is 1.94 bits per heavy atom. The molecule has 0 heterocycles. The third-order valence-corrected chi connectivity index (χ3v) is 2.20. The number of aliphatic hydroxyl groups is 2. The first kappa shape index (κ1) is 13.3. The highest BCUT2D eigenvalue weighted by molar-refractivity contribution is 5.67. The largest absolute Gasteiger partial charge is 0.481 e. The van der Waals surface area contributed by atoms with Crippen LogP contribution in [0.4, 0.5) is 14.5 Å². The number of aliphatic carboxylic acids is 1. The summed E-state index contributed by atoms with van der Waals surface area (Å²) in [5, 5.41) is 27.1. The minimum Gasteiger partial charge on any atom is -0.481 e. The van der Waals surface area contributed by atoms with Crippen molar-refractivity contribution in [1.29, 1.82) is 0 Å². The molecule has 1 rings (SSSR count). The van der Waals surface area contributed by atoms with Crippen LogP contribution in [0.5, 0.6) is 0 Å². The van der Waals surface area contributed by atoms with Crippen molar-refractivity contribution in [3.63, 3.8) is 0 Å². The van der Waals surface area contributed by atoms with Crippen LogP contribution in [0.15, 0.2) is 12.1 Å². The molecule has 17 heavy (non-hydrogen) atoms. The van der Waals surface area contributed by atoms with Crippen molar-refractivity contribution in [3.05, 3.63) is 29.3 Å². The Morgan fingerprint density at radius 1 is 1.35 bits per heavy atom. The van der Waals surface area contributed by atoms with Gasteiger partial charge >= 0.3 is 5.97 Å². The van der Waals surface area contributed by atoms with Crippen LogP contribution in [0.1, 0.15) is 18.1 Å². The Morgan fingerprint density at radius 3 is 2.47 bits per heavy atom. The van der Waals surface area contributed by atoms with Gasteiger partial charge in [-0.1, -0.05) is 0 Å². The number of nitrogen functional groups attached to an aromatic ring is 1. The normalized spacial score (nSPS) is 14.4. The predicted octanol–water partition coefficient (Wildman–Crippen LogP) is 0.416. The summed E-state index contributed by atoms with van der Waals surface area (Å²) in [6.07, 6.45) is -4.65. The molecule has 1 aromatic carbocycles. The molecular weight excluding hydrogens is 236 g/mol. The fourth-order valence-electron chi connectivity index (χ4n) is 1.34. The Labute approximate surface area is 95.1 Å². The first-order valence-corrected chi connectivity index (χ1v) is 4.66. The zero-order valence-corrected chi connectivity index (χ0v) is 8.60. The van der Waals surface area contributed by atoms with E-state index in [1.807, 2.05) is 0 Å². The molecule has 2 unspecified atom stereocenters. The number of rotatable bonds is 4. The highest BCUT2D eigenvalue weighted by Gasteiger charge is 2.27. The van der Waals surface area contributed by atoms with E-state index in [0.717, 1.165) is 12.1 Å². The SMILES string of the molecule is Nc1ccc(F)c(C(O)C(O)CC(=O)O)c1F. The van der Waals surface area contributed by atoms with Crippen LogP contribution < -0.4 is 5.73 Å². The average Bonchev–Trinajstić information content (AvgIpc) is 2.23. The summed E-state index contributed by atoms with van der Waals surface area (Å²) in [5.41, 5.74) is 3.94. The molecule has 94 valence electrons. The van der Waals surface area contributed by atoms with E-state index in [9.17, 15) is 23.8 Å². The van der Waals surface area contributed by atoms with Gasteiger partial charge in [0.15, 0.2) is 5.82 Å². The number of carbonyl (C=O) groups is 1. The Balaban J connectivity index is 3.07. The molecule has 0 aliphatic carbocycles. The molecule has 2 atom stereocenters. The monoisotopic (exact) mass is 247 g/mol. The molecule has 1 aromatic rings. The number of aliphatic hydroxyl groups excluding tert-OH is 2. The standard InChI is InChI=1S/C10H11F2NO4/c11-4-1-2-5(13)9(12)8(4)10(17)6(14)3-7(15)16/h1-2,6,10,14,17H,3,13H2,(H,15,16). The molecule has 0 spiro atoms. The van der Waals surface area contributed by atoms with E-state index in [4.69, 9.17) is 10.8 Å². The Kier molecular flexibility index (Phi) is 3.97. The van der Waals surface area contributed by atoms with E-state index in [2.05, 4.69) is 0 Å². The van der Waals surface area contributed by atoms with Gasteiger partial charge in [-0.15, -0.1) is 0 Å². The lowest BCUT2D eigenvalue weighted by molar-refractivity contribution is -0.141. The van der Waals surface area contributed by atoms with E-state index in [-0.39, 0.29) is 0 Å². The second kappa shape index (κ2) is 5.07. The van der Waals surface area contributed by atoms with E-state index in [1.54, 1.807) is 0 Å². The molecule has 0 radical (unpaired) electrons. The van der Waals surface area contributed by atoms with Crippen molar-refractivity contribution in [2.45, 2.75) is 18.6 Å². The predicted molar refractivity (Wildman–Crippen MR) is 54.0 cm³/mol. The molecule has 0 aliphatic heterocycles. The number of hydrogen-bond donors (Lipinski definition) is 4. The highest BCUT2D eigenvalue weighted by atomic mass is 19.1. The number of nitrogens with two attached hydrogens (primary N) is 1. The maximum Gasteiger partial charge on any atom is 0.306 e. The average molecular weight is 247 g/mol. The lowest BCUT2D eigenvalue weighted by Gasteiger charge is -2.18. The Bertz CT molecular complexity index is 439. The maximum atomic E-state index is 13.4. The molecule has 5 nitrogen and oxygen atoms in total. The van der Waals surface area contributed by atoms with Crippen LogP contribution in [0.2, 0.25) is 0 Å². The van der Waals surface area contributed by atoms with Crippen molar-refractivity contribution in [2.75, 3.05) is 5.73 Å². The van der Waals surface area contributed by atoms with Gasteiger partial charge in [0.1, 0.15) is 11.9 Å². The smallest absolute Gasteiger partial charge is 0.306 e. The molecule has 0 aliphatic rings. The van der Waals surface area contributed by atoms with Gasteiger partial charge in [0.2, 0.25) is 0 Å². The Hall–Kier alpha value is -1.73. The molecule has 0 bridgehead atoms. The lowest BCUT2D eigenvalue weighted by Crippen LogP contribution is -2.24. The van der Waals surface area contributed by atoms with Crippen molar-refractivity contribution in [2.24, 2.45) is 0 Å².